The quantitative estimate of drug-likeness (QED) is 0.737. The van der Waals surface area contributed by atoms with E-state index in [4.69, 9.17) is 5.73 Å². The molecule has 0 spiro atoms. The normalized spacial score (nSPS) is 20.8. The molecule has 6 nitrogen and oxygen atoms in total. The molecule has 1 saturated heterocycles. The van der Waals surface area contributed by atoms with Crippen molar-refractivity contribution < 1.29 is 9.59 Å². The molecule has 0 aromatic heterocycles. The monoisotopic (exact) mass is 274 g/mol. The van der Waals surface area contributed by atoms with Gasteiger partial charge in [0.2, 0.25) is 5.91 Å². The van der Waals surface area contributed by atoms with Crippen molar-refractivity contribution >= 4 is 23.2 Å². The molecule has 0 saturated carbocycles. The van der Waals surface area contributed by atoms with Crippen LogP contribution in [0.15, 0.2) is 18.2 Å². The van der Waals surface area contributed by atoms with E-state index in [0.29, 0.717) is 18.5 Å². The molecule has 4 N–H and O–H groups in total. The number of fused-ring (bicyclic) bond motifs is 1. The van der Waals surface area contributed by atoms with Crippen LogP contribution >= 0.6 is 0 Å². The Balaban J connectivity index is 1.85. The third-order valence-corrected chi connectivity index (χ3v) is 3.86. The molecule has 0 bridgehead atoms. The summed E-state index contributed by atoms with van der Waals surface area (Å²) in [5.41, 5.74) is 7.88. The minimum atomic E-state index is -0.468. The van der Waals surface area contributed by atoms with Gasteiger partial charge in [0.1, 0.15) is 6.04 Å². The predicted octanol–water partition coefficient (Wildman–Crippen LogP) is 0.614. The molecule has 1 aromatic rings. The van der Waals surface area contributed by atoms with E-state index in [-0.39, 0.29) is 5.91 Å². The van der Waals surface area contributed by atoms with Crippen LogP contribution in [0.2, 0.25) is 0 Å². The number of hydrogen-bond donors (Lipinski definition) is 3. The van der Waals surface area contributed by atoms with Crippen molar-refractivity contribution in [3.8, 4) is 0 Å². The SMILES string of the molecule is NC(=O)C1CCCN1C(=O)c1ccc2c(c1)NCCN2. The Kier molecular flexibility index (Phi) is 3.22. The molecule has 2 aliphatic rings. The summed E-state index contributed by atoms with van der Waals surface area (Å²) in [6, 6.07) is 5.05. The second kappa shape index (κ2) is 5.03. The lowest BCUT2D eigenvalue weighted by Gasteiger charge is -2.24. The molecule has 0 aliphatic carbocycles. The Morgan fingerprint density at radius 1 is 1.20 bits per heavy atom. The standard InChI is InChI=1S/C14H18N4O2/c15-13(19)12-2-1-7-18(12)14(20)9-3-4-10-11(8-9)17-6-5-16-10/h3-4,8,12,16-17H,1-2,5-7H2,(H2,15,19). The Bertz CT molecular complexity index is 558. The zero-order valence-corrected chi connectivity index (χ0v) is 11.2. The molecule has 1 aromatic carbocycles. The van der Waals surface area contributed by atoms with Crippen LogP contribution in [0.3, 0.4) is 0 Å². The van der Waals surface area contributed by atoms with E-state index in [2.05, 4.69) is 10.6 Å². The molecule has 2 heterocycles. The van der Waals surface area contributed by atoms with Gasteiger partial charge in [0.25, 0.3) is 5.91 Å². The minimum Gasteiger partial charge on any atom is -0.382 e. The number of nitrogens with one attached hydrogen (secondary N) is 2. The van der Waals surface area contributed by atoms with E-state index in [1.165, 1.54) is 0 Å². The highest BCUT2D eigenvalue weighted by atomic mass is 16.2. The maximum Gasteiger partial charge on any atom is 0.254 e. The average molecular weight is 274 g/mol. The van der Waals surface area contributed by atoms with Crippen LogP contribution in [-0.4, -0.2) is 42.4 Å². The summed E-state index contributed by atoms with van der Waals surface area (Å²) in [7, 11) is 0. The maximum absolute atomic E-state index is 12.5. The zero-order valence-electron chi connectivity index (χ0n) is 11.2. The van der Waals surface area contributed by atoms with Gasteiger partial charge in [-0.05, 0) is 31.0 Å². The molecule has 0 radical (unpaired) electrons. The third kappa shape index (κ3) is 2.17. The summed E-state index contributed by atoms with van der Waals surface area (Å²) in [5, 5.41) is 6.52. The Morgan fingerprint density at radius 2 is 1.95 bits per heavy atom. The highest BCUT2D eigenvalue weighted by molar-refractivity contribution is 5.99. The van der Waals surface area contributed by atoms with Gasteiger partial charge in [0.15, 0.2) is 0 Å². The number of primary amides is 1. The summed E-state index contributed by atoms with van der Waals surface area (Å²) in [5.74, 6) is -0.546. The molecular formula is C14H18N4O2. The van der Waals surface area contributed by atoms with Crippen LogP contribution in [0, 0.1) is 0 Å². The largest absolute Gasteiger partial charge is 0.382 e. The van der Waals surface area contributed by atoms with Crippen LogP contribution in [0.4, 0.5) is 11.4 Å². The van der Waals surface area contributed by atoms with Crippen molar-refractivity contribution in [3.63, 3.8) is 0 Å². The number of nitrogens with two attached hydrogens (primary N) is 1. The van der Waals surface area contributed by atoms with Gasteiger partial charge < -0.3 is 21.3 Å². The first-order chi connectivity index (χ1) is 9.66. The third-order valence-electron chi connectivity index (χ3n) is 3.86. The Morgan fingerprint density at radius 3 is 2.70 bits per heavy atom. The number of hydrogen-bond acceptors (Lipinski definition) is 4. The molecule has 106 valence electrons. The van der Waals surface area contributed by atoms with Crippen molar-refractivity contribution in [3.05, 3.63) is 23.8 Å². The van der Waals surface area contributed by atoms with Crippen molar-refractivity contribution in [2.75, 3.05) is 30.3 Å². The Labute approximate surface area is 117 Å². The second-order valence-corrected chi connectivity index (χ2v) is 5.17. The average Bonchev–Trinajstić information content (AvgIpc) is 2.95. The summed E-state index contributed by atoms with van der Waals surface area (Å²) in [4.78, 5) is 25.5. The number of likely N-dealkylation sites (tertiary alicyclic amines) is 1. The Hall–Kier alpha value is -2.24. The van der Waals surface area contributed by atoms with Crippen LogP contribution in [0.25, 0.3) is 0 Å². The lowest BCUT2D eigenvalue weighted by molar-refractivity contribution is -0.121. The van der Waals surface area contributed by atoms with E-state index >= 15 is 0 Å². The number of carbonyl (C=O) groups is 2. The first-order valence-corrected chi connectivity index (χ1v) is 6.89. The van der Waals surface area contributed by atoms with Gasteiger partial charge in [-0.1, -0.05) is 0 Å². The summed E-state index contributed by atoms with van der Waals surface area (Å²) in [6.07, 6.45) is 1.48. The zero-order chi connectivity index (χ0) is 14.1. The minimum absolute atomic E-state index is 0.124. The number of carbonyl (C=O) groups excluding carboxylic acids is 2. The smallest absolute Gasteiger partial charge is 0.254 e. The van der Waals surface area contributed by atoms with E-state index < -0.39 is 11.9 Å². The van der Waals surface area contributed by atoms with Crippen LogP contribution < -0.4 is 16.4 Å². The fourth-order valence-corrected chi connectivity index (χ4v) is 2.84. The number of benzene rings is 1. The van der Waals surface area contributed by atoms with Gasteiger partial charge >= 0.3 is 0 Å². The first-order valence-electron chi connectivity index (χ1n) is 6.89. The molecule has 1 fully saturated rings. The predicted molar refractivity (Wildman–Crippen MR) is 76.7 cm³/mol. The van der Waals surface area contributed by atoms with Crippen molar-refractivity contribution in [1.82, 2.24) is 4.90 Å². The number of amides is 2. The molecular weight excluding hydrogens is 256 g/mol. The molecule has 2 amide bonds. The van der Waals surface area contributed by atoms with Crippen LogP contribution in [-0.2, 0) is 4.79 Å². The fraction of sp³-hybridized carbons (Fsp3) is 0.429. The van der Waals surface area contributed by atoms with E-state index in [1.807, 2.05) is 12.1 Å². The molecule has 1 atom stereocenters. The van der Waals surface area contributed by atoms with Gasteiger partial charge in [-0.25, -0.2) is 0 Å². The number of rotatable bonds is 2. The van der Waals surface area contributed by atoms with Crippen molar-refractivity contribution in [2.24, 2.45) is 5.73 Å². The lowest BCUT2D eigenvalue weighted by Crippen LogP contribution is -2.43. The fourth-order valence-electron chi connectivity index (χ4n) is 2.84. The molecule has 3 rings (SSSR count). The van der Waals surface area contributed by atoms with E-state index in [1.54, 1.807) is 11.0 Å². The molecule has 2 aliphatic heterocycles. The van der Waals surface area contributed by atoms with Crippen molar-refractivity contribution in [1.29, 1.82) is 0 Å². The van der Waals surface area contributed by atoms with Crippen molar-refractivity contribution in [2.45, 2.75) is 18.9 Å². The van der Waals surface area contributed by atoms with Gasteiger partial charge in [0.05, 0.1) is 11.4 Å². The van der Waals surface area contributed by atoms with Gasteiger partial charge in [-0.3, -0.25) is 9.59 Å². The second-order valence-electron chi connectivity index (χ2n) is 5.17. The summed E-state index contributed by atoms with van der Waals surface area (Å²) < 4.78 is 0. The number of nitrogens with zero attached hydrogens (tertiary/aromatic N) is 1. The van der Waals surface area contributed by atoms with Gasteiger partial charge in [-0.2, -0.15) is 0 Å². The highest BCUT2D eigenvalue weighted by Crippen LogP contribution is 2.27. The maximum atomic E-state index is 12.5. The van der Waals surface area contributed by atoms with Gasteiger partial charge in [-0.15, -0.1) is 0 Å². The summed E-state index contributed by atoms with van der Waals surface area (Å²) >= 11 is 0. The topological polar surface area (TPSA) is 87.5 Å². The molecule has 1 unspecified atom stereocenters. The highest BCUT2D eigenvalue weighted by Gasteiger charge is 2.33. The number of anilines is 2. The molecule has 20 heavy (non-hydrogen) atoms. The van der Waals surface area contributed by atoms with E-state index in [9.17, 15) is 9.59 Å². The summed E-state index contributed by atoms with van der Waals surface area (Å²) in [6.45, 7) is 2.30. The molecule has 6 heteroatoms. The van der Waals surface area contributed by atoms with E-state index in [0.717, 1.165) is 30.9 Å². The van der Waals surface area contributed by atoms with Crippen LogP contribution in [0.5, 0.6) is 0 Å². The van der Waals surface area contributed by atoms with Crippen LogP contribution in [0.1, 0.15) is 23.2 Å². The first kappa shape index (κ1) is 12.8. The lowest BCUT2D eigenvalue weighted by atomic mass is 10.1. The van der Waals surface area contributed by atoms with Gasteiger partial charge in [0, 0.05) is 25.2 Å².